The Morgan fingerprint density at radius 2 is 1.53 bits per heavy atom. The van der Waals surface area contributed by atoms with Gasteiger partial charge in [-0.3, -0.25) is 9.36 Å². The highest BCUT2D eigenvalue weighted by Gasteiger charge is 2.13. The second-order valence-electron chi connectivity index (χ2n) is 4.16. The molecule has 0 atom stereocenters. The predicted molar refractivity (Wildman–Crippen MR) is 73.8 cm³/mol. The number of hydrogen-bond donors (Lipinski definition) is 0. The number of carbonyl (C=O) groups is 1. The zero-order valence-corrected chi connectivity index (χ0v) is 10.2. The SMILES string of the molecule is O=C(c1ccccc1)n1ccnc1-c1ccccc1. The van der Waals surface area contributed by atoms with Crippen LogP contribution >= 0.6 is 0 Å². The maximum atomic E-state index is 12.4. The fourth-order valence-electron chi connectivity index (χ4n) is 1.99. The van der Waals surface area contributed by atoms with Crippen LogP contribution in [0.15, 0.2) is 73.1 Å². The molecule has 1 heterocycles. The number of aromatic nitrogens is 2. The lowest BCUT2D eigenvalue weighted by Crippen LogP contribution is -2.12. The summed E-state index contributed by atoms with van der Waals surface area (Å²) in [5, 5.41) is 0. The highest BCUT2D eigenvalue weighted by atomic mass is 16.2. The molecule has 0 saturated heterocycles. The molecule has 0 aliphatic carbocycles. The summed E-state index contributed by atoms with van der Waals surface area (Å²) in [6.45, 7) is 0. The van der Waals surface area contributed by atoms with E-state index in [4.69, 9.17) is 0 Å². The number of imidazole rings is 1. The molecule has 0 unspecified atom stereocenters. The van der Waals surface area contributed by atoms with Gasteiger partial charge in [0, 0.05) is 23.5 Å². The molecular weight excluding hydrogens is 236 g/mol. The van der Waals surface area contributed by atoms with E-state index < -0.39 is 0 Å². The van der Waals surface area contributed by atoms with E-state index in [1.165, 1.54) is 0 Å². The van der Waals surface area contributed by atoms with Crippen LogP contribution in [0.3, 0.4) is 0 Å². The van der Waals surface area contributed by atoms with Crippen molar-refractivity contribution in [3.63, 3.8) is 0 Å². The van der Waals surface area contributed by atoms with Gasteiger partial charge in [-0.05, 0) is 12.1 Å². The summed E-state index contributed by atoms with van der Waals surface area (Å²) >= 11 is 0. The molecule has 3 aromatic rings. The summed E-state index contributed by atoms with van der Waals surface area (Å²) < 4.78 is 1.57. The highest BCUT2D eigenvalue weighted by molar-refractivity contribution is 5.97. The summed E-state index contributed by atoms with van der Waals surface area (Å²) in [5.41, 5.74) is 1.58. The molecular formula is C16H12N2O. The average Bonchev–Trinajstić information content (AvgIpc) is 2.98. The van der Waals surface area contributed by atoms with Gasteiger partial charge >= 0.3 is 0 Å². The van der Waals surface area contributed by atoms with Crippen molar-refractivity contribution in [2.24, 2.45) is 0 Å². The Labute approximate surface area is 111 Å². The van der Waals surface area contributed by atoms with Crippen LogP contribution in [-0.2, 0) is 0 Å². The van der Waals surface area contributed by atoms with Crippen LogP contribution in [0.4, 0.5) is 0 Å². The maximum Gasteiger partial charge on any atom is 0.263 e. The van der Waals surface area contributed by atoms with Crippen LogP contribution in [0.1, 0.15) is 10.4 Å². The van der Waals surface area contributed by atoms with E-state index >= 15 is 0 Å². The normalized spacial score (nSPS) is 10.3. The molecule has 1 aromatic heterocycles. The Bertz CT molecular complexity index is 687. The van der Waals surface area contributed by atoms with E-state index in [2.05, 4.69) is 4.98 Å². The first-order valence-corrected chi connectivity index (χ1v) is 6.05. The second kappa shape index (κ2) is 4.90. The van der Waals surface area contributed by atoms with Crippen molar-refractivity contribution < 1.29 is 4.79 Å². The Morgan fingerprint density at radius 1 is 0.895 bits per heavy atom. The molecule has 2 aromatic carbocycles. The van der Waals surface area contributed by atoms with Gasteiger partial charge in [0.05, 0.1) is 0 Å². The molecule has 0 fully saturated rings. The molecule has 3 rings (SSSR count). The molecule has 0 saturated carbocycles. The number of nitrogens with zero attached hydrogens (tertiary/aromatic N) is 2. The van der Waals surface area contributed by atoms with Crippen LogP contribution in [0.25, 0.3) is 11.4 Å². The van der Waals surface area contributed by atoms with E-state index in [9.17, 15) is 4.79 Å². The van der Waals surface area contributed by atoms with Crippen molar-refractivity contribution in [3.8, 4) is 11.4 Å². The van der Waals surface area contributed by atoms with Crippen molar-refractivity contribution >= 4 is 5.91 Å². The Hall–Kier alpha value is -2.68. The summed E-state index contributed by atoms with van der Waals surface area (Å²) in [4.78, 5) is 16.7. The molecule has 0 radical (unpaired) electrons. The maximum absolute atomic E-state index is 12.4. The first-order chi connectivity index (χ1) is 9.36. The van der Waals surface area contributed by atoms with E-state index in [1.807, 2.05) is 48.5 Å². The monoisotopic (exact) mass is 248 g/mol. The zero-order valence-electron chi connectivity index (χ0n) is 10.2. The quantitative estimate of drug-likeness (QED) is 0.697. The fourth-order valence-corrected chi connectivity index (χ4v) is 1.99. The third kappa shape index (κ3) is 2.18. The van der Waals surface area contributed by atoms with Gasteiger partial charge < -0.3 is 0 Å². The number of carbonyl (C=O) groups excluding carboxylic acids is 1. The van der Waals surface area contributed by atoms with Gasteiger partial charge in [-0.15, -0.1) is 0 Å². The standard InChI is InChI=1S/C16H12N2O/c19-16(14-9-5-2-6-10-14)18-12-11-17-15(18)13-7-3-1-4-8-13/h1-12H. The van der Waals surface area contributed by atoms with E-state index in [-0.39, 0.29) is 5.91 Å². The van der Waals surface area contributed by atoms with Gasteiger partial charge in [0.15, 0.2) is 0 Å². The topological polar surface area (TPSA) is 34.9 Å². The zero-order chi connectivity index (χ0) is 13.1. The van der Waals surface area contributed by atoms with Gasteiger partial charge in [0.2, 0.25) is 0 Å². The largest absolute Gasteiger partial charge is 0.268 e. The van der Waals surface area contributed by atoms with Gasteiger partial charge in [-0.1, -0.05) is 48.5 Å². The molecule has 0 aliphatic heterocycles. The summed E-state index contributed by atoms with van der Waals surface area (Å²) in [7, 11) is 0. The lowest BCUT2D eigenvalue weighted by molar-refractivity contribution is 0.0962. The van der Waals surface area contributed by atoms with Crippen molar-refractivity contribution in [2.75, 3.05) is 0 Å². The fraction of sp³-hybridized carbons (Fsp3) is 0. The van der Waals surface area contributed by atoms with Crippen molar-refractivity contribution in [1.29, 1.82) is 0 Å². The Kier molecular flexibility index (Phi) is 2.94. The van der Waals surface area contributed by atoms with Gasteiger partial charge in [-0.2, -0.15) is 0 Å². The number of hydrogen-bond acceptors (Lipinski definition) is 2. The minimum absolute atomic E-state index is 0.0723. The van der Waals surface area contributed by atoms with Gasteiger partial charge in [-0.25, -0.2) is 4.98 Å². The van der Waals surface area contributed by atoms with Crippen LogP contribution in [0.2, 0.25) is 0 Å². The van der Waals surface area contributed by atoms with Crippen molar-refractivity contribution in [2.45, 2.75) is 0 Å². The predicted octanol–water partition coefficient (Wildman–Crippen LogP) is 3.24. The van der Waals surface area contributed by atoms with Crippen molar-refractivity contribution in [3.05, 3.63) is 78.6 Å². The van der Waals surface area contributed by atoms with E-state index in [0.717, 1.165) is 5.56 Å². The minimum Gasteiger partial charge on any atom is -0.268 e. The summed E-state index contributed by atoms with van der Waals surface area (Å²) in [6.07, 6.45) is 3.33. The third-order valence-electron chi connectivity index (χ3n) is 2.91. The minimum atomic E-state index is -0.0723. The molecule has 3 nitrogen and oxygen atoms in total. The van der Waals surface area contributed by atoms with Crippen LogP contribution in [-0.4, -0.2) is 15.5 Å². The molecule has 92 valence electrons. The van der Waals surface area contributed by atoms with E-state index in [0.29, 0.717) is 11.4 Å². The van der Waals surface area contributed by atoms with Crippen LogP contribution in [0.5, 0.6) is 0 Å². The molecule has 0 bridgehead atoms. The summed E-state index contributed by atoms with van der Waals surface area (Å²) in [6, 6.07) is 18.9. The molecule has 0 spiro atoms. The number of benzene rings is 2. The summed E-state index contributed by atoms with van der Waals surface area (Å²) in [5.74, 6) is 0.589. The van der Waals surface area contributed by atoms with Gasteiger partial charge in [0.25, 0.3) is 5.91 Å². The first kappa shape index (κ1) is 11.4. The smallest absolute Gasteiger partial charge is 0.263 e. The molecule has 19 heavy (non-hydrogen) atoms. The third-order valence-corrected chi connectivity index (χ3v) is 2.91. The van der Waals surface area contributed by atoms with Crippen molar-refractivity contribution in [1.82, 2.24) is 9.55 Å². The van der Waals surface area contributed by atoms with E-state index in [1.54, 1.807) is 29.1 Å². The molecule has 0 amide bonds. The van der Waals surface area contributed by atoms with Crippen LogP contribution < -0.4 is 0 Å². The molecule has 0 aliphatic rings. The molecule has 0 N–H and O–H groups in total. The number of rotatable bonds is 2. The molecule has 3 heteroatoms. The lowest BCUT2D eigenvalue weighted by Gasteiger charge is -2.06. The Balaban J connectivity index is 2.04. The van der Waals surface area contributed by atoms with Crippen LogP contribution in [0, 0.1) is 0 Å². The lowest BCUT2D eigenvalue weighted by atomic mass is 10.2. The first-order valence-electron chi connectivity index (χ1n) is 6.05. The Morgan fingerprint density at radius 3 is 2.21 bits per heavy atom. The second-order valence-corrected chi connectivity index (χ2v) is 4.16. The highest BCUT2D eigenvalue weighted by Crippen LogP contribution is 2.18. The van der Waals surface area contributed by atoms with Gasteiger partial charge in [0.1, 0.15) is 5.82 Å². The average molecular weight is 248 g/mol.